The molecule has 2 saturated carbocycles. The van der Waals surface area contributed by atoms with Crippen LogP contribution in [0.4, 0.5) is 0 Å². The first kappa shape index (κ1) is 22.1. The molecule has 0 bridgehead atoms. The average Bonchev–Trinajstić information content (AvgIpc) is 3.63. The van der Waals surface area contributed by atoms with Crippen LogP contribution in [-0.2, 0) is 0 Å². The number of hydrogen-bond acceptors (Lipinski definition) is 4. The number of hydrogen-bond donors (Lipinski definition) is 1. The molecule has 1 aromatic rings. The maximum absolute atomic E-state index is 13.2. The first-order chi connectivity index (χ1) is 14.9. The van der Waals surface area contributed by atoms with Crippen LogP contribution in [0.1, 0.15) is 85.6 Å². The van der Waals surface area contributed by atoms with E-state index in [1.807, 2.05) is 4.57 Å². The molecule has 7 nitrogen and oxygen atoms in total. The minimum absolute atomic E-state index is 0.106. The van der Waals surface area contributed by atoms with Gasteiger partial charge in [-0.2, -0.15) is 0 Å². The van der Waals surface area contributed by atoms with E-state index >= 15 is 0 Å². The van der Waals surface area contributed by atoms with Gasteiger partial charge in [-0.25, -0.2) is 0 Å². The van der Waals surface area contributed by atoms with E-state index in [2.05, 4.69) is 24.1 Å². The Bertz CT molecular complexity index is 860. The van der Waals surface area contributed by atoms with Gasteiger partial charge < -0.3 is 14.8 Å². The molecule has 2 heterocycles. The fourth-order valence-corrected chi connectivity index (χ4v) is 4.83. The highest BCUT2D eigenvalue weighted by Crippen LogP contribution is 2.34. The number of piperazine rings is 1. The van der Waals surface area contributed by atoms with E-state index in [0.29, 0.717) is 31.6 Å². The Labute approximate surface area is 184 Å². The molecule has 0 atom stereocenters. The van der Waals surface area contributed by atoms with Crippen LogP contribution in [0.2, 0.25) is 0 Å². The Balaban J connectivity index is 1.51. The third kappa shape index (κ3) is 5.20. The Morgan fingerprint density at radius 1 is 0.968 bits per heavy atom. The van der Waals surface area contributed by atoms with Crippen LogP contribution in [-0.4, -0.2) is 64.9 Å². The van der Waals surface area contributed by atoms with Gasteiger partial charge in [-0.3, -0.25) is 19.3 Å². The van der Waals surface area contributed by atoms with Crippen molar-refractivity contribution >= 4 is 11.8 Å². The van der Waals surface area contributed by atoms with Gasteiger partial charge in [-0.1, -0.05) is 19.3 Å². The minimum atomic E-state index is -0.436. The quantitative estimate of drug-likeness (QED) is 0.756. The molecule has 7 heteroatoms. The van der Waals surface area contributed by atoms with Gasteiger partial charge in [-0.05, 0) is 45.4 Å². The highest BCUT2D eigenvalue weighted by atomic mass is 16.2. The summed E-state index contributed by atoms with van der Waals surface area (Å²) in [5, 5.41) is 2.98. The Morgan fingerprint density at radius 2 is 1.61 bits per heavy atom. The van der Waals surface area contributed by atoms with E-state index in [-0.39, 0.29) is 29.0 Å². The standard InChI is InChI=1S/C24H36N4O3/c1-17(2)26-10-12-27(13-11-26)24(31)21-16-28(19-8-9-19)15-20(22(21)29)23(30)25-14-18-6-4-3-5-7-18/h15-19H,3-14H2,1-2H3,(H,25,30). The van der Waals surface area contributed by atoms with Gasteiger partial charge in [0.25, 0.3) is 11.8 Å². The van der Waals surface area contributed by atoms with Gasteiger partial charge in [0.05, 0.1) is 0 Å². The summed E-state index contributed by atoms with van der Waals surface area (Å²) in [6.07, 6.45) is 11.3. The molecule has 0 aromatic carbocycles. The van der Waals surface area contributed by atoms with E-state index in [9.17, 15) is 14.4 Å². The van der Waals surface area contributed by atoms with Crippen molar-refractivity contribution < 1.29 is 9.59 Å². The van der Waals surface area contributed by atoms with Gasteiger partial charge in [0.2, 0.25) is 5.43 Å². The van der Waals surface area contributed by atoms with Gasteiger partial charge in [0, 0.05) is 57.2 Å². The lowest BCUT2D eigenvalue weighted by atomic mass is 9.89. The Morgan fingerprint density at radius 3 is 2.23 bits per heavy atom. The molecule has 2 amide bonds. The third-order valence-corrected chi connectivity index (χ3v) is 7.10. The van der Waals surface area contributed by atoms with Crippen molar-refractivity contribution in [3.63, 3.8) is 0 Å². The molecule has 0 spiro atoms. The van der Waals surface area contributed by atoms with Crippen molar-refractivity contribution in [1.29, 1.82) is 0 Å². The molecule has 3 aliphatic rings. The normalized spacial score (nSPS) is 20.8. The largest absolute Gasteiger partial charge is 0.352 e. The lowest BCUT2D eigenvalue weighted by Crippen LogP contribution is -2.51. The van der Waals surface area contributed by atoms with E-state index in [1.165, 1.54) is 19.3 Å². The number of aromatic nitrogens is 1. The zero-order valence-corrected chi connectivity index (χ0v) is 18.9. The zero-order chi connectivity index (χ0) is 22.0. The monoisotopic (exact) mass is 428 g/mol. The number of rotatable bonds is 6. The predicted molar refractivity (Wildman–Crippen MR) is 120 cm³/mol. The number of carbonyl (C=O) groups excluding carboxylic acids is 2. The van der Waals surface area contributed by atoms with E-state index in [4.69, 9.17) is 0 Å². The lowest BCUT2D eigenvalue weighted by Gasteiger charge is -2.36. The van der Waals surface area contributed by atoms with E-state index in [1.54, 1.807) is 17.3 Å². The van der Waals surface area contributed by atoms with Crippen LogP contribution in [0.5, 0.6) is 0 Å². The van der Waals surface area contributed by atoms with Crippen LogP contribution in [0.3, 0.4) is 0 Å². The molecule has 31 heavy (non-hydrogen) atoms. The van der Waals surface area contributed by atoms with Gasteiger partial charge in [-0.15, -0.1) is 0 Å². The van der Waals surface area contributed by atoms with Crippen molar-refractivity contribution in [1.82, 2.24) is 19.7 Å². The number of nitrogens with zero attached hydrogens (tertiary/aromatic N) is 3. The molecule has 1 aromatic heterocycles. The summed E-state index contributed by atoms with van der Waals surface area (Å²) < 4.78 is 1.91. The van der Waals surface area contributed by atoms with Crippen molar-refractivity contribution in [3.05, 3.63) is 33.7 Å². The molecule has 1 saturated heterocycles. The minimum Gasteiger partial charge on any atom is -0.352 e. The molecule has 4 rings (SSSR count). The van der Waals surface area contributed by atoms with Crippen LogP contribution in [0.15, 0.2) is 17.2 Å². The van der Waals surface area contributed by atoms with Crippen LogP contribution >= 0.6 is 0 Å². The summed E-state index contributed by atoms with van der Waals surface area (Å²) in [7, 11) is 0. The maximum Gasteiger partial charge on any atom is 0.259 e. The molecular weight excluding hydrogens is 392 g/mol. The summed E-state index contributed by atoms with van der Waals surface area (Å²) in [5.74, 6) is -0.0978. The molecule has 170 valence electrons. The van der Waals surface area contributed by atoms with Gasteiger partial charge in [0.15, 0.2) is 0 Å². The fourth-order valence-electron chi connectivity index (χ4n) is 4.83. The van der Waals surface area contributed by atoms with Crippen molar-refractivity contribution in [2.45, 2.75) is 70.9 Å². The maximum atomic E-state index is 13.2. The lowest BCUT2D eigenvalue weighted by molar-refractivity contribution is 0.0593. The third-order valence-electron chi connectivity index (χ3n) is 7.10. The highest BCUT2D eigenvalue weighted by Gasteiger charge is 2.30. The van der Waals surface area contributed by atoms with Crippen molar-refractivity contribution in [3.8, 4) is 0 Å². The second-order valence-electron chi connectivity index (χ2n) is 9.73. The molecule has 2 aliphatic carbocycles. The molecule has 0 unspecified atom stereocenters. The van der Waals surface area contributed by atoms with Crippen LogP contribution < -0.4 is 10.7 Å². The topological polar surface area (TPSA) is 74.7 Å². The molecule has 0 radical (unpaired) electrons. The number of carbonyl (C=O) groups is 2. The zero-order valence-electron chi connectivity index (χ0n) is 18.9. The fraction of sp³-hybridized carbons (Fsp3) is 0.708. The van der Waals surface area contributed by atoms with E-state index < -0.39 is 5.43 Å². The molecular formula is C24H36N4O3. The summed E-state index contributed by atoms with van der Waals surface area (Å²) in [6.45, 7) is 7.75. The number of amides is 2. The number of pyridine rings is 1. The second-order valence-corrected chi connectivity index (χ2v) is 9.73. The number of nitrogens with one attached hydrogen (secondary N) is 1. The van der Waals surface area contributed by atoms with Crippen LogP contribution in [0, 0.1) is 5.92 Å². The van der Waals surface area contributed by atoms with Crippen LogP contribution in [0.25, 0.3) is 0 Å². The van der Waals surface area contributed by atoms with Crippen molar-refractivity contribution in [2.75, 3.05) is 32.7 Å². The second kappa shape index (κ2) is 9.55. The summed E-state index contributed by atoms with van der Waals surface area (Å²) >= 11 is 0. The summed E-state index contributed by atoms with van der Waals surface area (Å²) in [5.41, 5.74) is -0.195. The summed E-state index contributed by atoms with van der Waals surface area (Å²) in [4.78, 5) is 43.4. The Hall–Kier alpha value is -2.15. The SMILES string of the molecule is CC(C)N1CCN(C(=O)c2cn(C3CC3)cc(C(=O)NCC3CCCCC3)c2=O)CC1. The highest BCUT2D eigenvalue weighted by molar-refractivity contribution is 5.99. The molecule has 1 N–H and O–H groups in total. The van der Waals surface area contributed by atoms with Crippen molar-refractivity contribution in [2.24, 2.45) is 5.92 Å². The average molecular weight is 429 g/mol. The summed E-state index contributed by atoms with van der Waals surface area (Å²) in [6, 6.07) is 0.732. The first-order valence-corrected chi connectivity index (χ1v) is 12.0. The van der Waals surface area contributed by atoms with Gasteiger partial charge in [0.1, 0.15) is 11.1 Å². The Kier molecular flexibility index (Phi) is 6.80. The smallest absolute Gasteiger partial charge is 0.259 e. The van der Waals surface area contributed by atoms with E-state index in [0.717, 1.165) is 38.8 Å². The molecule has 1 aliphatic heterocycles. The van der Waals surface area contributed by atoms with Gasteiger partial charge >= 0.3 is 0 Å². The first-order valence-electron chi connectivity index (χ1n) is 12.0. The predicted octanol–water partition coefficient (Wildman–Crippen LogP) is 2.66. The molecule has 3 fully saturated rings.